The average molecular weight is 361 g/mol. The summed E-state index contributed by atoms with van der Waals surface area (Å²) in [5.74, 6) is 0. The summed E-state index contributed by atoms with van der Waals surface area (Å²) in [4.78, 5) is 16.1. The Morgan fingerprint density at radius 3 is 2.72 bits per heavy atom. The molecule has 0 saturated carbocycles. The lowest BCUT2D eigenvalue weighted by Gasteiger charge is -2.09. The number of carbonyl (C=O) groups is 1. The van der Waals surface area contributed by atoms with E-state index in [2.05, 4.69) is 11.2 Å². The Bertz CT molecular complexity index is 775. The quantitative estimate of drug-likeness (QED) is 0.593. The Morgan fingerprint density at radius 2 is 2.00 bits per heavy atom. The van der Waals surface area contributed by atoms with Crippen molar-refractivity contribution in [3.05, 3.63) is 69.7 Å². The van der Waals surface area contributed by atoms with E-state index >= 15 is 0 Å². The van der Waals surface area contributed by atoms with Crippen molar-refractivity contribution in [1.82, 2.24) is 0 Å². The summed E-state index contributed by atoms with van der Waals surface area (Å²) in [7, 11) is 0. The van der Waals surface area contributed by atoms with E-state index in [0.717, 1.165) is 16.7 Å². The molecule has 132 valence electrons. The number of nitrogens with two attached hydrogens (primary N) is 1. The molecule has 0 fully saturated rings. The highest BCUT2D eigenvalue weighted by molar-refractivity contribution is 6.34. The Hall–Kier alpha value is -2.53. The lowest BCUT2D eigenvalue weighted by Crippen LogP contribution is -2.15. The van der Waals surface area contributed by atoms with Crippen LogP contribution in [-0.2, 0) is 22.6 Å². The van der Waals surface area contributed by atoms with Gasteiger partial charge >= 0.3 is 6.09 Å². The first-order valence-corrected chi connectivity index (χ1v) is 8.27. The Morgan fingerprint density at radius 1 is 1.24 bits per heavy atom. The number of oxime groups is 1. The van der Waals surface area contributed by atoms with Gasteiger partial charge in [0.1, 0.15) is 6.61 Å². The Kier molecular flexibility index (Phi) is 6.83. The fourth-order valence-electron chi connectivity index (χ4n) is 2.37. The zero-order chi connectivity index (χ0) is 18.2. The Balaban J connectivity index is 2.02. The molecule has 5 nitrogen and oxygen atoms in total. The molecule has 0 heterocycles. The van der Waals surface area contributed by atoms with E-state index in [1.807, 2.05) is 50.2 Å². The second-order valence-electron chi connectivity index (χ2n) is 5.64. The van der Waals surface area contributed by atoms with Gasteiger partial charge in [0.05, 0.1) is 17.3 Å². The largest absolute Gasteiger partial charge is 0.449 e. The van der Waals surface area contributed by atoms with Gasteiger partial charge in [0.25, 0.3) is 0 Å². The van der Waals surface area contributed by atoms with Crippen molar-refractivity contribution < 1.29 is 14.4 Å². The molecule has 0 atom stereocenters. The van der Waals surface area contributed by atoms with Gasteiger partial charge in [0.15, 0.2) is 0 Å². The molecule has 2 N–H and O–H groups in total. The summed E-state index contributed by atoms with van der Waals surface area (Å²) in [6.45, 7) is 4.44. The molecule has 0 aliphatic heterocycles. The molecule has 2 aromatic carbocycles. The van der Waals surface area contributed by atoms with Crippen molar-refractivity contribution in [3.63, 3.8) is 0 Å². The number of nitrogens with zero attached hydrogens (tertiary/aromatic N) is 1. The van der Waals surface area contributed by atoms with Crippen molar-refractivity contribution in [2.75, 3.05) is 6.61 Å². The summed E-state index contributed by atoms with van der Waals surface area (Å²) in [6, 6.07) is 13.7. The standard InChI is InChI=1S/C19H21ClN2O3/c1-13-5-3-6-15(11-13)12-25-22-14(2)17-8-4-7-16(18(17)20)9-10-24-19(21)23/h3-8,11H,9-10,12H2,1-2H3,(H2,21,23)/b22-14+. The maximum Gasteiger partial charge on any atom is 0.404 e. The number of hydrogen-bond acceptors (Lipinski definition) is 4. The number of aryl methyl sites for hydroxylation is 1. The zero-order valence-electron chi connectivity index (χ0n) is 14.3. The molecule has 0 aliphatic carbocycles. The number of amides is 1. The zero-order valence-corrected chi connectivity index (χ0v) is 15.0. The first kappa shape index (κ1) is 18.8. The van der Waals surface area contributed by atoms with Crippen LogP contribution in [0.5, 0.6) is 0 Å². The summed E-state index contributed by atoms with van der Waals surface area (Å²) >= 11 is 6.43. The number of carbonyl (C=O) groups excluding carboxylic acids is 1. The molecular weight excluding hydrogens is 340 g/mol. The van der Waals surface area contributed by atoms with Crippen LogP contribution in [0.4, 0.5) is 4.79 Å². The van der Waals surface area contributed by atoms with E-state index in [-0.39, 0.29) is 6.61 Å². The molecule has 2 rings (SSSR count). The predicted molar refractivity (Wildman–Crippen MR) is 98.9 cm³/mol. The lowest BCUT2D eigenvalue weighted by atomic mass is 10.1. The maximum absolute atomic E-state index is 10.6. The van der Waals surface area contributed by atoms with E-state index < -0.39 is 6.09 Å². The van der Waals surface area contributed by atoms with Crippen molar-refractivity contribution in [2.24, 2.45) is 10.9 Å². The molecule has 25 heavy (non-hydrogen) atoms. The molecule has 0 radical (unpaired) electrons. The molecule has 0 saturated heterocycles. The van der Waals surface area contributed by atoms with Gasteiger partial charge in [-0.2, -0.15) is 0 Å². The second-order valence-corrected chi connectivity index (χ2v) is 6.01. The fraction of sp³-hybridized carbons (Fsp3) is 0.263. The minimum Gasteiger partial charge on any atom is -0.449 e. The number of halogens is 1. The molecule has 0 bridgehead atoms. The first-order chi connectivity index (χ1) is 12.0. The summed E-state index contributed by atoms with van der Waals surface area (Å²) < 4.78 is 4.75. The summed E-state index contributed by atoms with van der Waals surface area (Å²) in [5.41, 5.74) is 9.50. The van der Waals surface area contributed by atoms with Crippen LogP contribution in [0.25, 0.3) is 0 Å². The third kappa shape index (κ3) is 5.80. The average Bonchev–Trinajstić information content (AvgIpc) is 2.56. The monoisotopic (exact) mass is 360 g/mol. The summed E-state index contributed by atoms with van der Waals surface area (Å²) in [6.07, 6.45) is -0.317. The molecule has 0 aliphatic rings. The number of hydrogen-bond donors (Lipinski definition) is 1. The normalized spacial score (nSPS) is 11.2. The van der Waals surface area contributed by atoms with Crippen molar-refractivity contribution in [1.29, 1.82) is 0 Å². The minimum atomic E-state index is -0.797. The number of rotatable bonds is 7. The van der Waals surface area contributed by atoms with Gasteiger partial charge < -0.3 is 15.3 Å². The topological polar surface area (TPSA) is 73.9 Å². The van der Waals surface area contributed by atoms with Crippen LogP contribution in [0.3, 0.4) is 0 Å². The van der Waals surface area contributed by atoms with Gasteiger partial charge in [-0.3, -0.25) is 0 Å². The number of benzene rings is 2. The molecule has 0 unspecified atom stereocenters. The minimum absolute atomic E-state index is 0.179. The fourth-order valence-corrected chi connectivity index (χ4v) is 2.73. The second kappa shape index (κ2) is 9.08. The predicted octanol–water partition coefficient (Wildman–Crippen LogP) is 4.23. The van der Waals surface area contributed by atoms with Gasteiger partial charge in [0, 0.05) is 12.0 Å². The van der Waals surface area contributed by atoms with Gasteiger partial charge in [-0.1, -0.05) is 64.8 Å². The van der Waals surface area contributed by atoms with Crippen LogP contribution in [0.15, 0.2) is 47.6 Å². The van der Waals surface area contributed by atoms with Crippen molar-refractivity contribution >= 4 is 23.4 Å². The van der Waals surface area contributed by atoms with E-state index in [0.29, 0.717) is 23.8 Å². The molecule has 1 amide bonds. The number of ether oxygens (including phenoxy) is 1. The molecule has 6 heteroatoms. The lowest BCUT2D eigenvalue weighted by molar-refractivity contribution is 0.130. The highest BCUT2D eigenvalue weighted by Crippen LogP contribution is 2.23. The molecule has 2 aromatic rings. The van der Waals surface area contributed by atoms with Crippen LogP contribution in [0, 0.1) is 6.92 Å². The SMILES string of the molecule is C/C(=N\OCc1cccc(C)c1)c1cccc(CCOC(N)=O)c1Cl. The maximum atomic E-state index is 10.6. The van der Waals surface area contributed by atoms with Gasteiger partial charge in [-0.25, -0.2) is 4.79 Å². The first-order valence-electron chi connectivity index (χ1n) is 7.89. The van der Waals surface area contributed by atoms with E-state index in [1.54, 1.807) is 0 Å². The van der Waals surface area contributed by atoms with Gasteiger partial charge in [-0.05, 0) is 25.0 Å². The number of primary amides is 1. The smallest absolute Gasteiger partial charge is 0.404 e. The van der Waals surface area contributed by atoms with E-state index in [4.69, 9.17) is 26.9 Å². The van der Waals surface area contributed by atoms with Crippen LogP contribution in [0.2, 0.25) is 5.02 Å². The Labute approximate surface area is 152 Å². The van der Waals surface area contributed by atoms with E-state index in [1.165, 1.54) is 5.56 Å². The molecule has 0 aromatic heterocycles. The van der Waals surface area contributed by atoms with Crippen LogP contribution >= 0.6 is 11.6 Å². The highest BCUT2D eigenvalue weighted by Gasteiger charge is 2.10. The van der Waals surface area contributed by atoms with Crippen LogP contribution in [-0.4, -0.2) is 18.4 Å². The highest BCUT2D eigenvalue weighted by atomic mass is 35.5. The van der Waals surface area contributed by atoms with Crippen molar-refractivity contribution in [2.45, 2.75) is 26.9 Å². The third-order valence-corrected chi connectivity index (χ3v) is 4.05. The summed E-state index contributed by atoms with van der Waals surface area (Å²) in [5, 5.41) is 4.72. The van der Waals surface area contributed by atoms with Gasteiger partial charge in [0.2, 0.25) is 0 Å². The molecule has 0 spiro atoms. The van der Waals surface area contributed by atoms with Gasteiger partial charge in [-0.15, -0.1) is 0 Å². The van der Waals surface area contributed by atoms with Crippen molar-refractivity contribution in [3.8, 4) is 0 Å². The molecular formula is C19H21ClN2O3. The third-order valence-electron chi connectivity index (χ3n) is 3.60. The van der Waals surface area contributed by atoms with Crippen LogP contribution in [0.1, 0.15) is 29.2 Å². The van der Waals surface area contributed by atoms with E-state index in [9.17, 15) is 4.79 Å². The van der Waals surface area contributed by atoms with Crippen LogP contribution < -0.4 is 5.73 Å².